The van der Waals surface area contributed by atoms with Crippen LogP contribution in [0.4, 0.5) is 0 Å². The van der Waals surface area contributed by atoms with Crippen LogP contribution in [0.3, 0.4) is 0 Å². The second-order valence-corrected chi connectivity index (χ2v) is 4.96. The Morgan fingerprint density at radius 3 is 2.40 bits per heavy atom. The number of nitrogens with zero attached hydrogens (tertiary/aromatic N) is 1. The van der Waals surface area contributed by atoms with Gasteiger partial charge in [-0.2, -0.15) is 0 Å². The Hall–Kier alpha value is -0.0800. The first-order chi connectivity index (χ1) is 7.27. The van der Waals surface area contributed by atoms with Gasteiger partial charge in [0, 0.05) is 18.6 Å². The minimum absolute atomic E-state index is 0.758. The predicted octanol–water partition coefficient (Wildman–Crippen LogP) is 2.64. The van der Waals surface area contributed by atoms with E-state index in [1.807, 2.05) is 0 Å². The number of likely N-dealkylation sites (N-methyl/N-ethyl adjacent to an activating group) is 1. The molecular formula is C13H28N2. The fourth-order valence-electron chi connectivity index (χ4n) is 2.59. The van der Waals surface area contributed by atoms with Crippen molar-refractivity contribution in [2.24, 2.45) is 0 Å². The van der Waals surface area contributed by atoms with E-state index in [-0.39, 0.29) is 0 Å². The van der Waals surface area contributed by atoms with Gasteiger partial charge in [0.15, 0.2) is 0 Å². The molecule has 1 aliphatic rings. The monoisotopic (exact) mass is 212 g/mol. The van der Waals surface area contributed by atoms with Crippen molar-refractivity contribution in [1.82, 2.24) is 10.2 Å². The molecule has 90 valence electrons. The zero-order valence-electron chi connectivity index (χ0n) is 10.8. The SMILES string of the molecule is CCCC(CCC)NCC1CCCN1C. The smallest absolute Gasteiger partial charge is 0.0218 e. The largest absolute Gasteiger partial charge is 0.312 e. The van der Waals surface area contributed by atoms with E-state index < -0.39 is 0 Å². The number of hydrogen-bond donors (Lipinski definition) is 1. The van der Waals surface area contributed by atoms with E-state index in [4.69, 9.17) is 0 Å². The van der Waals surface area contributed by atoms with Crippen LogP contribution in [0, 0.1) is 0 Å². The molecule has 15 heavy (non-hydrogen) atoms. The van der Waals surface area contributed by atoms with Crippen molar-refractivity contribution in [2.75, 3.05) is 20.1 Å². The van der Waals surface area contributed by atoms with Crippen LogP contribution in [-0.4, -0.2) is 37.1 Å². The van der Waals surface area contributed by atoms with E-state index in [0.717, 1.165) is 12.1 Å². The van der Waals surface area contributed by atoms with Crippen molar-refractivity contribution in [3.63, 3.8) is 0 Å². The van der Waals surface area contributed by atoms with E-state index in [9.17, 15) is 0 Å². The molecule has 0 aromatic carbocycles. The van der Waals surface area contributed by atoms with Crippen LogP contribution in [-0.2, 0) is 0 Å². The van der Waals surface area contributed by atoms with Gasteiger partial charge >= 0.3 is 0 Å². The Labute approximate surface area is 95.4 Å². The van der Waals surface area contributed by atoms with Crippen LogP contribution in [0.1, 0.15) is 52.4 Å². The molecule has 0 radical (unpaired) electrons. The summed E-state index contributed by atoms with van der Waals surface area (Å²) in [7, 11) is 2.26. The molecule has 2 heteroatoms. The van der Waals surface area contributed by atoms with Crippen molar-refractivity contribution in [3.8, 4) is 0 Å². The first kappa shape index (κ1) is 13.0. The average molecular weight is 212 g/mol. The Kier molecular flexibility index (Phi) is 6.26. The molecule has 1 rings (SSSR count). The second-order valence-electron chi connectivity index (χ2n) is 4.96. The van der Waals surface area contributed by atoms with Crippen molar-refractivity contribution in [2.45, 2.75) is 64.5 Å². The number of rotatable bonds is 7. The number of likely N-dealkylation sites (tertiary alicyclic amines) is 1. The molecule has 1 unspecified atom stereocenters. The summed E-state index contributed by atoms with van der Waals surface area (Å²) in [6, 6.07) is 1.55. The first-order valence-electron chi connectivity index (χ1n) is 6.71. The van der Waals surface area contributed by atoms with E-state index in [2.05, 4.69) is 31.1 Å². The summed E-state index contributed by atoms with van der Waals surface area (Å²) >= 11 is 0. The molecule has 0 aliphatic carbocycles. The Balaban J connectivity index is 2.19. The summed E-state index contributed by atoms with van der Waals surface area (Å²) in [5, 5.41) is 3.75. The highest BCUT2D eigenvalue weighted by Crippen LogP contribution is 2.14. The molecule has 1 saturated heterocycles. The van der Waals surface area contributed by atoms with E-state index >= 15 is 0 Å². The molecule has 0 spiro atoms. The van der Waals surface area contributed by atoms with E-state index in [1.165, 1.54) is 51.6 Å². The molecule has 2 nitrogen and oxygen atoms in total. The van der Waals surface area contributed by atoms with Gasteiger partial charge in [0.25, 0.3) is 0 Å². The zero-order valence-corrected chi connectivity index (χ0v) is 10.8. The minimum atomic E-state index is 0.758. The molecule has 1 atom stereocenters. The van der Waals surface area contributed by atoms with Crippen LogP contribution in [0.15, 0.2) is 0 Å². The predicted molar refractivity (Wildman–Crippen MR) is 67.3 cm³/mol. The van der Waals surface area contributed by atoms with Gasteiger partial charge in [-0.25, -0.2) is 0 Å². The summed E-state index contributed by atoms with van der Waals surface area (Å²) in [5.41, 5.74) is 0. The van der Waals surface area contributed by atoms with Crippen LogP contribution < -0.4 is 5.32 Å². The highest BCUT2D eigenvalue weighted by Gasteiger charge is 2.21. The number of nitrogens with one attached hydrogen (secondary N) is 1. The molecule has 0 bridgehead atoms. The molecule has 0 saturated carbocycles. The highest BCUT2D eigenvalue weighted by molar-refractivity contribution is 4.80. The lowest BCUT2D eigenvalue weighted by Crippen LogP contribution is -2.40. The van der Waals surface area contributed by atoms with Gasteiger partial charge in [0.1, 0.15) is 0 Å². The third-order valence-corrected chi connectivity index (χ3v) is 3.59. The standard InChI is InChI=1S/C13H28N2/c1-4-7-12(8-5-2)14-11-13-9-6-10-15(13)3/h12-14H,4-11H2,1-3H3. The van der Waals surface area contributed by atoms with Gasteiger partial charge in [0.05, 0.1) is 0 Å². The molecule has 0 aromatic rings. The van der Waals surface area contributed by atoms with Gasteiger partial charge in [-0.05, 0) is 39.3 Å². The van der Waals surface area contributed by atoms with Gasteiger partial charge in [0.2, 0.25) is 0 Å². The van der Waals surface area contributed by atoms with Gasteiger partial charge in [-0.3, -0.25) is 0 Å². The maximum Gasteiger partial charge on any atom is 0.0218 e. The maximum atomic E-state index is 3.75. The third-order valence-electron chi connectivity index (χ3n) is 3.59. The van der Waals surface area contributed by atoms with Gasteiger partial charge in [-0.15, -0.1) is 0 Å². The topological polar surface area (TPSA) is 15.3 Å². The third kappa shape index (κ3) is 4.52. The molecular weight excluding hydrogens is 184 g/mol. The van der Waals surface area contributed by atoms with E-state index in [0.29, 0.717) is 0 Å². The van der Waals surface area contributed by atoms with Crippen molar-refractivity contribution in [1.29, 1.82) is 0 Å². The van der Waals surface area contributed by atoms with Gasteiger partial charge < -0.3 is 10.2 Å². The summed E-state index contributed by atoms with van der Waals surface area (Å²) in [6.45, 7) is 7.05. The van der Waals surface area contributed by atoms with Crippen molar-refractivity contribution >= 4 is 0 Å². The average Bonchev–Trinajstić information content (AvgIpc) is 2.61. The van der Waals surface area contributed by atoms with Crippen LogP contribution in [0.5, 0.6) is 0 Å². The summed E-state index contributed by atoms with van der Waals surface area (Å²) in [5.74, 6) is 0. The molecule has 1 N–H and O–H groups in total. The maximum absolute atomic E-state index is 3.75. The number of hydrogen-bond acceptors (Lipinski definition) is 2. The Morgan fingerprint density at radius 1 is 1.27 bits per heavy atom. The van der Waals surface area contributed by atoms with Crippen LogP contribution in [0.25, 0.3) is 0 Å². The van der Waals surface area contributed by atoms with Crippen LogP contribution >= 0.6 is 0 Å². The Bertz CT molecular complexity index is 153. The van der Waals surface area contributed by atoms with Gasteiger partial charge in [-0.1, -0.05) is 26.7 Å². The molecule has 1 aliphatic heterocycles. The quantitative estimate of drug-likeness (QED) is 0.698. The molecule has 0 amide bonds. The molecule has 1 fully saturated rings. The van der Waals surface area contributed by atoms with Crippen molar-refractivity contribution in [3.05, 3.63) is 0 Å². The lowest BCUT2D eigenvalue weighted by molar-refractivity contribution is 0.285. The Morgan fingerprint density at radius 2 is 1.93 bits per heavy atom. The minimum Gasteiger partial charge on any atom is -0.312 e. The summed E-state index contributed by atoms with van der Waals surface area (Å²) in [6.07, 6.45) is 8.05. The zero-order chi connectivity index (χ0) is 11.1. The van der Waals surface area contributed by atoms with E-state index in [1.54, 1.807) is 0 Å². The fraction of sp³-hybridized carbons (Fsp3) is 1.00. The fourth-order valence-corrected chi connectivity index (χ4v) is 2.59. The highest BCUT2D eigenvalue weighted by atomic mass is 15.2. The summed E-state index contributed by atoms with van der Waals surface area (Å²) in [4.78, 5) is 2.50. The van der Waals surface area contributed by atoms with Crippen LogP contribution in [0.2, 0.25) is 0 Å². The lowest BCUT2D eigenvalue weighted by Gasteiger charge is -2.24. The molecule has 0 aromatic heterocycles. The first-order valence-corrected chi connectivity index (χ1v) is 6.71. The lowest BCUT2D eigenvalue weighted by atomic mass is 10.1. The summed E-state index contributed by atoms with van der Waals surface area (Å²) < 4.78 is 0. The molecule has 1 heterocycles. The second kappa shape index (κ2) is 7.24. The van der Waals surface area contributed by atoms with Crippen molar-refractivity contribution < 1.29 is 0 Å². The normalized spacial score (nSPS) is 22.8.